The Morgan fingerprint density at radius 2 is 1.95 bits per heavy atom. The highest BCUT2D eigenvalue weighted by Gasteiger charge is 2.25. The summed E-state index contributed by atoms with van der Waals surface area (Å²) >= 11 is 0. The average molecular weight is 261 g/mol. The van der Waals surface area contributed by atoms with Crippen LogP contribution in [0.2, 0.25) is 0 Å². The van der Waals surface area contributed by atoms with E-state index in [4.69, 9.17) is 0 Å². The Bertz CT molecular complexity index is 352. The molecule has 2 heteroatoms. The first-order valence-corrected chi connectivity index (χ1v) is 7.77. The first-order valence-electron chi connectivity index (χ1n) is 7.77. The first-order chi connectivity index (χ1) is 9.31. The molecule has 1 aliphatic carbocycles. The molecule has 0 spiro atoms. The minimum Gasteiger partial charge on any atom is -0.393 e. The fourth-order valence-electron chi connectivity index (χ4n) is 3.11. The second-order valence-corrected chi connectivity index (χ2v) is 5.71. The zero-order valence-corrected chi connectivity index (χ0v) is 12.0. The molecular weight excluding hydrogens is 234 g/mol. The SMILES string of the molecule is CCC(O)CCNC1CCCCC1c1ccccc1. The number of aliphatic hydroxyl groups is 1. The van der Waals surface area contributed by atoms with Gasteiger partial charge in [-0.05, 0) is 43.7 Å². The van der Waals surface area contributed by atoms with Gasteiger partial charge in [0, 0.05) is 6.04 Å². The number of hydrogen-bond acceptors (Lipinski definition) is 2. The number of rotatable bonds is 6. The van der Waals surface area contributed by atoms with Gasteiger partial charge in [-0.3, -0.25) is 0 Å². The van der Waals surface area contributed by atoms with Crippen molar-refractivity contribution in [1.82, 2.24) is 5.32 Å². The van der Waals surface area contributed by atoms with Crippen molar-refractivity contribution < 1.29 is 5.11 Å². The monoisotopic (exact) mass is 261 g/mol. The largest absolute Gasteiger partial charge is 0.393 e. The van der Waals surface area contributed by atoms with Gasteiger partial charge >= 0.3 is 0 Å². The van der Waals surface area contributed by atoms with Gasteiger partial charge in [-0.2, -0.15) is 0 Å². The number of benzene rings is 1. The maximum Gasteiger partial charge on any atom is 0.0549 e. The number of nitrogens with one attached hydrogen (secondary N) is 1. The molecule has 3 unspecified atom stereocenters. The van der Waals surface area contributed by atoms with E-state index >= 15 is 0 Å². The molecule has 1 aromatic carbocycles. The fourth-order valence-corrected chi connectivity index (χ4v) is 3.11. The lowest BCUT2D eigenvalue weighted by Crippen LogP contribution is -2.38. The summed E-state index contributed by atoms with van der Waals surface area (Å²) in [6.45, 7) is 2.97. The molecule has 0 radical (unpaired) electrons. The van der Waals surface area contributed by atoms with Crippen LogP contribution in [0.3, 0.4) is 0 Å². The van der Waals surface area contributed by atoms with Crippen LogP contribution in [-0.4, -0.2) is 23.8 Å². The summed E-state index contributed by atoms with van der Waals surface area (Å²) in [5.74, 6) is 0.647. The Morgan fingerprint density at radius 1 is 1.21 bits per heavy atom. The summed E-state index contributed by atoms with van der Waals surface area (Å²) in [5, 5.41) is 13.3. The molecular formula is C17H27NO. The van der Waals surface area contributed by atoms with Gasteiger partial charge in [-0.25, -0.2) is 0 Å². The van der Waals surface area contributed by atoms with Crippen LogP contribution in [0.4, 0.5) is 0 Å². The van der Waals surface area contributed by atoms with Gasteiger partial charge < -0.3 is 10.4 Å². The molecule has 1 aromatic rings. The molecule has 1 aliphatic rings. The van der Waals surface area contributed by atoms with E-state index in [2.05, 4.69) is 35.6 Å². The van der Waals surface area contributed by atoms with Crippen molar-refractivity contribution in [2.75, 3.05) is 6.54 Å². The molecule has 3 atom stereocenters. The summed E-state index contributed by atoms with van der Waals surface area (Å²) in [5.41, 5.74) is 1.47. The van der Waals surface area contributed by atoms with Crippen LogP contribution in [0.1, 0.15) is 56.9 Å². The predicted molar refractivity (Wildman–Crippen MR) is 80.4 cm³/mol. The van der Waals surface area contributed by atoms with Crippen molar-refractivity contribution in [2.45, 2.75) is 63.5 Å². The fraction of sp³-hybridized carbons (Fsp3) is 0.647. The van der Waals surface area contributed by atoms with Crippen molar-refractivity contribution in [3.63, 3.8) is 0 Å². The third-order valence-electron chi connectivity index (χ3n) is 4.35. The first kappa shape index (κ1) is 14.5. The van der Waals surface area contributed by atoms with Gasteiger partial charge in [0.2, 0.25) is 0 Å². The normalized spacial score (nSPS) is 25.2. The van der Waals surface area contributed by atoms with E-state index < -0.39 is 0 Å². The Labute approximate surface area is 117 Å². The van der Waals surface area contributed by atoms with Crippen LogP contribution in [-0.2, 0) is 0 Å². The van der Waals surface area contributed by atoms with Crippen LogP contribution in [0, 0.1) is 0 Å². The number of hydrogen-bond donors (Lipinski definition) is 2. The van der Waals surface area contributed by atoms with E-state index in [1.54, 1.807) is 0 Å². The zero-order chi connectivity index (χ0) is 13.5. The van der Waals surface area contributed by atoms with E-state index in [9.17, 15) is 5.11 Å². The van der Waals surface area contributed by atoms with Gasteiger partial charge in [0.25, 0.3) is 0 Å². The Hall–Kier alpha value is -0.860. The molecule has 2 nitrogen and oxygen atoms in total. The molecule has 19 heavy (non-hydrogen) atoms. The molecule has 2 rings (SSSR count). The van der Waals surface area contributed by atoms with Gasteiger partial charge in [0.15, 0.2) is 0 Å². The van der Waals surface area contributed by atoms with Crippen molar-refractivity contribution in [3.05, 3.63) is 35.9 Å². The Kier molecular flexibility index (Phi) is 5.87. The predicted octanol–water partition coefficient (Wildman–Crippen LogP) is 3.46. The molecule has 1 saturated carbocycles. The molecule has 0 saturated heterocycles. The van der Waals surface area contributed by atoms with Gasteiger partial charge in [-0.1, -0.05) is 50.1 Å². The summed E-state index contributed by atoms with van der Waals surface area (Å²) < 4.78 is 0. The minimum absolute atomic E-state index is 0.147. The third-order valence-corrected chi connectivity index (χ3v) is 4.35. The van der Waals surface area contributed by atoms with Crippen molar-refractivity contribution in [1.29, 1.82) is 0 Å². The van der Waals surface area contributed by atoms with Crippen molar-refractivity contribution in [3.8, 4) is 0 Å². The van der Waals surface area contributed by atoms with E-state index in [1.165, 1.54) is 31.2 Å². The molecule has 1 fully saturated rings. The van der Waals surface area contributed by atoms with Crippen LogP contribution >= 0.6 is 0 Å². The minimum atomic E-state index is -0.147. The third kappa shape index (κ3) is 4.32. The Balaban J connectivity index is 1.89. The van der Waals surface area contributed by atoms with Crippen LogP contribution in [0.15, 0.2) is 30.3 Å². The summed E-state index contributed by atoms with van der Waals surface area (Å²) in [4.78, 5) is 0. The highest BCUT2D eigenvalue weighted by Crippen LogP contribution is 2.32. The van der Waals surface area contributed by atoms with E-state index in [0.717, 1.165) is 19.4 Å². The molecule has 0 aromatic heterocycles. The lowest BCUT2D eigenvalue weighted by atomic mass is 9.80. The lowest BCUT2D eigenvalue weighted by molar-refractivity contribution is 0.156. The summed E-state index contributed by atoms with van der Waals surface area (Å²) in [7, 11) is 0. The van der Waals surface area contributed by atoms with Crippen LogP contribution in [0.25, 0.3) is 0 Å². The molecule has 0 bridgehead atoms. The maximum absolute atomic E-state index is 9.63. The number of aliphatic hydroxyl groups excluding tert-OH is 1. The molecule has 0 amide bonds. The van der Waals surface area contributed by atoms with E-state index in [1.807, 2.05) is 6.92 Å². The smallest absolute Gasteiger partial charge is 0.0549 e. The summed E-state index contributed by atoms with van der Waals surface area (Å²) in [6.07, 6.45) is 6.81. The highest BCUT2D eigenvalue weighted by molar-refractivity contribution is 5.21. The Morgan fingerprint density at radius 3 is 2.68 bits per heavy atom. The van der Waals surface area contributed by atoms with Crippen molar-refractivity contribution >= 4 is 0 Å². The van der Waals surface area contributed by atoms with Gasteiger partial charge in [0.1, 0.15) is 0 Å². The molecule has 0 aliphatic heterocycles. The van der Waals surface area contributed by atoms with Gasteiger partial charge in [0.05, 0.1) is 6.10 Å². The summed E-state index contributed by atoms with van der Waals surface area (Å²) in [6, 6.07) is 11.5. The van der Waals surface area contributed by atoms with E-state index in [0.29, 0.717) is 12.0 Å². The topological polar surface area (TPSA) is 32.3 Å². The van der Waals surface area contributed by atoms with Crippen LogP contribution in [0.5, 0.6) is 0 Å². The molecule has 106 valence electrons. The standard InChI is InChI=1S/C17H27NO/c1-2-15(19)12-13-18-17-11-7-6-10-16(17)14-8-4-3-5-9-14/h3-5,8-9,15-19H,2,6-7,10-13H2,1H3. The van der Waals surface area contributed by atoms with Gasteiger partial charge in [-0.15, -0.1) is 0 Å². The molecule has 0 heterocycles. The average Bonchev–Trinajstić information content (AvgIpc) is 2.48. The zero-order valence-electron chi connectivity index (χ0n) is 12.0. The lowest BCUT2D eigenvalue weighted by Gasteiger charge is -2.33. The molecule has 2 N–H and O–H groups in total. The van der Waals surface area contributed by atoms with E-state index in [-0.39, 0.29) is 6.10 Å². The van der Waals surface area contributed by atoms with Crippen LogP contribution < -0.4 is 5.32 Å². The highest BCUT2D eigenvalue weighted by atomic mass is 16.3. The van der Waals surface area contributed by atoms with Crippen molar-refractivity contribution in [2.24, 2.45) is 0 Å². The quantitative estimate of drug-likeness (QED) is 0.822. The second-order valence-electron chi connectivity index (χ2n) is 5.71. The maximum atomic E-state index is 9.63. The second kappa shape index (κ2) is 7.66.